The summed E-state index contributed by atoms with van der Waals surface area (Å²) in [5, 5.41) is 5.55. The van der Waals surface area contributed by atoms with Gasteiger partial charge in [0.2, 0.25) is 0 Å². The third-order valence-electron chi connectivity index (χ3n) is 5.29. The van der Waals surface area contributed by atoms with Crippen molar-refractivity contribution in [2.45, 2.75) is 58.1 Å². The Morgan fingerprint density at radius 3 is 2.61 bits per heavy atom. The van der Waals surface area contributed by atoms with Crippen molar-refractivity contribution < 1.29 is 19.1 Å². The number of methoxy groups -OCH3 is 1. The number of rotatable bonds is 6. The van der Waals surface area contributed by atoms with Gasteiger partial charge in [-0.15, -0.1) is 6.58 Å². The molecule has 1 atom stereocenters. The van der Waals surface area contributed by atoms with E-state index >= 15 is 0 Å². The van der Waals surface area contributed by atoms with E-state index in [0.29, 0.717) is 17.8 Å². The molecule has 1 aliphatic rings. The van der Waals surface area contributed by atoms with Crippen molar-refractivity contribution in [1.29, 1.82) is 0 Å². The minimum Gasteiger partial charge on any atom is -0.453 e. The van der Waals surface area contributed by atoms with Gasteiger partial charge < -0.3 is 20.5 Å². The highest BCUT2D eigenvalue weighted by Gasteiger charge is 2.25. The van der Waals surface area contributed by atoms with Gasteiger partial charge in [-0.2, -0.15) is 0 Å². The topological polar surface area (TPSA) is 116 Å². The zero-order valence-electron chi connectivity index (χ0n) is 19.7. The standard InChI is InChI=1S/C25H32N4O4/c1-6-8-21(29-24(31)33-25(2,3)4)22-14-18(17-9-7-10-20(17)28-22)16-12-11-15(13-19(16)26)27-23(30)32-5/h6,11-14,21H,1,7-10,26H2,2-5H3,(H,27,30)(H,29,31)/t21-/m0/s1. The van der Waals surface area contributed by atoms with Crippen LogP contribution in [0.4, 0.5) is 21.0 Å². The van der Waals surface area contributed by atoms with E-state index in [1.54, 1.807) is 18.2 Å². The minimum atomic E-state index is -0.603. The first-order valence-corrected chi connectivity index (χ1v) is 11.0. The zero-order valence-corrected chi connectivity index (χ0v) is 19.7. The second-order valence-corrected chi connectivity index (χ2v) is 9.02. The van der Waals surface area contributed by atoms with Crippen molar-refractivity contribution in [3.8, 4) is 11.1 Å². The summed E-state index contributed by atoms with van der Waals surface area (Å²) in [6.45, 7) is 9.30. The number of hydrogen-bond acceptors (Lipinski definition) is 6. The van der Waals surface area contributed by atoms with Crippen molar-refractivity contribution in [2.24, 2.45) is 0 Å². The van der Waals surface area contributed by atoms with Crippen LogP contribution in [-0.2, 0) is 22.3 Å². The maximum absolute atomic E-state index is 12.5. The molecule has 1 aromatic heterocycles. The molecular formula is C25H32N4O4. The number of aromatic nitrogens is 1. The summed E-state index contributed by atoms with van der Waals surface area (Å²) in [5.41, 5.74) is 11.6. The molecule has 2 aromatic rings. The van der Waals surface area contributed by atoms with Crippen LogP contribution in [0.2, 0.25) is 0 Å². The molecule has 176 valence electrons. The average molecular weight is 453 g/mol. The number of ether oxygens (including phenoxy) is 2. The molecule has 4 N–H and O–H groups in total. The summed E-state index contributed by atoms with van der Waals surface area (Å²) in [5.74, 6) is 0. The van der Waals surface area contributed by atoms with Crippen LogP contribution in [0.1, 0.15) is 56.6 Å². The summed E-state index contributed by atoms with van der Waals surface area (Å²) < 4.78 is 10.1. The molecule has 0 saturated carbocycles. The van der Waals surface area contributed by atoms with E-state index in [-0.39, 0.29) is 6.04 Å². The van der Waals surface area contributed by atoms with Crippen molar-refractivity contribution in [1.82, 2.24) is 10.3 Å². The molecule has 0 spiro atoms. The van der Waals surface area contributed by atoms with Crippen LogP contribution in [-0.4, -0.2) is 29.9 Å². The molecule has 0 unspecified atom stereocenters. The van der Waals surface area contributed by atoms with Crippen LogP contribution >= 0.6 is 0 Å². The number of pyridine rings is 1. The highest BCUT2D eigenvalue weighted by atomic mass is 16.6. The van der Waals surface area contributed by atoms with E-state index < -0.39 is 17.8 Å². The van der Waals surface area contributed by atoms with Gasteiger partial charge in [0.15, 0.2) is 0 Å². The van der Waals surface area contributed by atoms with Crippen molar-refractivity contribution in [3.05, 3.63) is 53.9 Å². The van der Waals surface area contributed by atoms with E-state index in [9.17, 15) is 9.59 Å². The Labute approximate surface area is 194 Å². The number of aryl methyl sites for hydroxylation is 1. The van der Waals surface area contributed by atoms with Gasteiger partial charge in [0, 0.05) is 22.6 Å². The van der Waals surface area contributed by atoms with E-state index in [1.165, 1.54) is 7.11 Å². The number of nitrogens with two attached hydrogens (primary N) is 1. The van der Waals surface area contributed by atoms with Crippen molar-refractivity contribution >= 4 is 23.6 Å². The highest BCUT2D eigenvalue weighted by molar-refractivity contribution is 5.88. The Balaban J connectivity index is 1.99. The number of nitrogen functional groups attached to an aromatic ring is 1. The Kier molecular flexibility index (Phi) is 7.26. The quantitative estimate of drug-likeness (QED) is 0.413. The molecule has 1 aromatic carbocycles. The van der Waals surface area contributed by atoms with Gasteiger partial charge in [-0.05, 0) is 75.8 Å². The molecule has 0 aliphatic heterocycles. The summed E-state index contributed by atoms with van der Waals surface area (Å²) in [7, 11) is 1.31. The van der Waals surface area contributed by atoms with Crippen LogP contribution in [0.15, 0.2) is 36.9 Å². The number of fused-ring (bicyclic) bond motifs is 1. The number of alkyl carbamates (subject to hydrolysis) is 1. The number of nitrogens with one attached hydrogen (secondary N) is 2. The Bertz CT molecular complexity index is 1060. The maximum Gasteiger partial charge on any atom is 0.411 e. The van der Waals surface area contributed by atoms with Gasteiger partial charge in [0.25, 0.3) is 0 Å². The lowest BCUT2D eigenvalue weighted by Gasteiger charge is -2.24. The number of nitrogens with zero attached hydrogens (tertiary/aromatic N) is 1. The lowest BCUT2D eigenvalue weighted by atomic mass is 9.95. The molecule has 1 heterocycles. The van der Waals surface area contributed by atoms with Crippen LogP contribution in [0, 0.1) is 0 Å². The Morgan fingerprint density at radius 2 is 1.97 bits per heavy atom. The molecule has 1 aliphatic carbocycles. The van der Waals surface area contributed by atoms with Gasteiger partial charge in [-0.1, -0.05) is 12.1 Å². The smallest absolute Gasteiger partial charge is 0.411 e. The van der Waals surface area contributed by atoms with Crippen LogP contribution in [0.25, 0.3) is 11.1 Å². The molecular weight excluding hydrogens is 420 g/mol. The van der Waals surface area contributed by atoms with Crippen LogP contribution in [0.3, 0.4) is 0 Å². The molecule has 8 heteroatoms. The Morgan fingerprint density at radius 1 is 1.21 bits per heavy atom. The summed E-state index contributed by atoms with van der Waals surface area (Å²) in [6, 6.07) is 6.96. The predicted octanol–water partition coefficient (Wildman–Crippen LogP) is 5.14. The first kappa shape index (κ1) is 24.1. The van der Waals surface area contributed by atoms with Gasteiger partial charge >= 0.3 is 12.2 Å². The number of carbonyl (C=O) groups excluding carboxylic acids is 2. The molecule has 33 heavy (non-hydrogen) atoms. The largest absolute Gasteiger partial charge is 0.453 e. The lowest BCUT2D eigenvalue weighted by molar-refractivity contribution is 0.0503. The zero-order chi connectivity index (χ0) is 24.2. The third-order valence-corrected chi connectivity index (χ3v) is 5.29. The number of hydrogen-bond donors (Lipinski definition) is 3. The minimum absolute atomic E-state index is 0.386. The first-order valence-electron chi connectivity index (χ1n) is 11.0. The van der Waals surface area contributed by atoms with E-state index in [1.807, 2.05) is 32.9 Å². The number of anilines is 2. The fraction of sp³-hybridized carbons (Fsp3) is 0.400. The molecule has 2 amide bonds. The third kappa shape index (κ3) is 6.03. The monoisotopic (exact) mass is 452 g/mol. The van der Waals surface area contributed by atoms with E-state index in [2.05, 4.69) is 21.9 Å². The molecule has 8 nitrogen and oxygen atoms in total. The van der Waals surface area contributed by atoms with E-state index in [4.69, 9.17) is 15.5 Å². The van der Waals surface area contributed by atoms with Crippen molar-refractivity contribution in [2.75, 3.05) is 18.2 Å². The highest BCUT2D eigenvalue weighted by Crippen LogP contribution is 2.37. The molecule has 0 radical (unpaired) electrons. The molecule has 0 bridgehead atoms. The van der Waals surface area contributed by atoms with Gasteiger partial charge in [0.05, 0.1) is 18.8 Å². The van der Waals surface area contributed by atoms with Crippen molar-refractivity contribution in [3.63, 3.8) is 0 Å². The van der Waals surface area contributed by atoms with Gasteiger partial charge in [-0.25, -0.2) is 9.59 Å². The molecule has 0 saturated heterocycles. The lowest BCUT2D eigenvalue weighted by Crippen LogP contribution is -2.35. The normalized spacial score (nSPS) is 13.6. The summed E-state index contributed by atoms with van der Waals surface area (Å²) in [6.07, 6.45) is 3.97. The first-order chi connectivity index (χ1) is 15.6. The predicted molar refractivity (Wildman–Crippen MR) is 129 cm³/mol. The van der Waals surface area contributed by atoms with Gasteiger partial charge in [-0.3, -0.25) is 10.3 Å². The average Bonchev–Trinajstić information content (AvgIpc) is 3.20. The SMILES string of the molecule is C=CC[C@H](NC(=O)OC(C)(C)C)c1cc(-c2ccc(NC(=O)OC)cc2N)c2c(n1)CCC2. The maximum atomic E-state index is 12.5. The second kappa shape index (κ2) is 9.94. The van der Waals surface area contributed by atoms with E-state index in [0.717, 1.165) is 47.3 Å². The molecule has 3 rings (SSSR count). The van der Waals surface area contributed by atoms with Crippen LogP contribution in [0.5, 0.6) is 0 Å². The fourth-order valence-corrected chi connectivity index (χ4v) is 3.91. The number of amides is 2. The summed E-state index contributed by atoms with van der Waals surface area (Å²) >= 11 is 0. The second-order valence-electron chi connectivity index (χ2n) is 9.02. The summed E-state index contributed by atoms with van der Waals surface area (Å²) in [4.78, 5) is 28.8. The number of carbonyl (C=O) groups is 2. The fourth-order valence-electron chi connectivity index (χ4n) is 3.91. The molecule has 0 fully saturated rings. The Hall–Kier alpha value is -3.55. The van der Waals surface area contributed by atoms with Gasteiger partial charge in [0.1, 0.15) is 5.60 Å². The van der Waals surface area contributed by atoms with Crippen LogP contribution < -0.4 is 16.4 Å². The number of benzene rings is 1.